The summed E-state index contributed by atoms with van der Waals surface area (Å²) in [5.41, 5.74) is 1.25. The van der Waals surface area contributed by atoms with Crippen LogP contribution in [0.3, 0.4) is 0 Å². The zero-order chi connectivity index (χ0) is 16.3. The Balaban J connectivity index is 2.22. The van der Waals surface area contributed by atoms with Crippen LogP contribution in [0.1, 0.15) is 53.7 Å². The van der Waals surface area contributed by atoms with Crippen LogP contribution >= 0.6 is 11.3 Å². The minimum absolute atomic E-state index is 0.00773. The predicted molar refractivity (Wildman–Crippen MR) is 91.5 cm³/mol. The van der Waals surface area contributed by atoms with Gasteiger partial charge in [-0.05, 0) is 37.8 Å². The highest BCUT2D eigenvalue weighted by Crippen LogP contribution is 2.27. The van der Waals surface area contributed by atoms with Crippen molar-refractivity contribution in [2.75, 3.05) is 18.1 Å². The Morgan fingerprint density at radius 1 is 1.36 bits per heavy atom. The molecular formula is C16H25NO3S2. The van der Waals surface area contributed by atoms with Crippen LogP contribution in [-0.4, -0.2) is 43.3 Å². The van der Waals surface area contributed by atoms with Crippen molar-refractivity contribution in [2.24, 2.45) is 0 Å². The Hall–Kier alpha value is -0.880. The van der Waals surface area contributed by atoms with E-state index < -0.39 is 9.84 Å². The zero-order valence-corrected chi connectivity index (χ0v) is 15.2. The monoisotopic (exact) mass is 343 g/mol. The first-order valence-electron chi connectivity index (χ1n) is 8.04. The first-order chi connectivity index (χ1) is 10.4. The Bertz CT molecular complexity index is 634. The van der Waals surface area contributed by atoms with E-state index in [9.17, 15) is 13.2 Å². The minimum Gasteiger partial charge on any atom is -0.334 e. The van der Waals surface area contributed by atoms with Crippen LogP contribution < -0.4 is 0 Å². The molecule has 0 saturated carbocycles. The second kappa shape index (κ2) is 7.13. The third-order valence-corrected chi connectivity index (χ3v) is 7.19. The fourth-order valence-electron chi connectivity index (χ4n) is 3.04. The molecule has 0 spiro atoms. The van der Waals surface area contributed by atoms with Gasteiger partial charge in [0.15, 0.2) is 9.84 Å². The van der Waals surface area contributed by atoms with Gasteiger partial charge in [0.1, 0.15) is 0 Å². The molecule has 124 valence electrons. The van der Waals surface area contributed by atoms with Crippen molar-refractivity contribution in [3.05, 3.63) is 21.4 Å². The van der Waals surface area contributed by atoms with E-state index in [0.29, 0.717) is 13.0 Å². The zero-order valence-electron chi connectivity index (χ0n) is 13.6. The molecule has 0 N–H and O–H groups in total. The smallest absolute Gasteiger partial charge is 0.264 e. The predicted octanol–water partition coefficient (Wildman–Crippen LogP) is 2.91. The number of hydrogen-bond donors (Lipinski definition) is 0. The first-order valence-corrected chi connectivity index (χ1v) is 10.7. The molecule has 0 aliphatic carbocycles. The number of nitrogens with zero attached hydrogens (tertiary/aromatic N) is 1. The summed E-state index contributed by atoms with van der Waals surface area (Å²) in [6.07, 6.45) is 3.57. The number of rotatable bonds is 6. The van der Waals surface area contributed by atoms with E-state index >= 15 is 0 Å². The molecule has 1 aliphatic rings. The summed E-state index contributed by atoms with van der Waals surface area (Å²) in [7, 11) is -2.97. The van der Waals surface area contributed by atoms with Crippen molar-refractivity contribution in [1.29, 1.82) is 0 Å². The molecule has 1 fully saturated rings. The molecule has 1 saturated heterocycles. The maximum absolute atomic E-state index is 12.8. The summed E-state index contributed by atoms with van der Waals surface area (Å²) in [4.78, 5) is 16.6. The van der Waals surface area contributed by atoms with Gasteiger partial charge in [0.25, 0.3) is 5.91 Å². The normalized spacial score (nSPS) is 20.2. The van der Waals surface area contributed by atoms with Crippen molar-refractivity contribution in [3.8, 4) is 0 Å². The van der Waals surface area contributed by atoms with Gasteiger partial charge in [-0.15, -0.1) is 11.3 Å². The number of aryl methyl sites for hydroxylation is 2. The average Bonchev–Trinajstić information content (AvgIpc) is 3.03. The molecule has 1 aromatic rings. The Morgan fingerprint density at radius 2 is 2.09 bits per heavy atom. The Morgan fingerprint density at radius 3 is 2.59 bits per heavy atom. The van der Waals surface area contributed by atoms with E-state index in [1.165, 1.54) is 10.4 Å². The topological polar surface area (TPSA) is 54.5 Å². The minimum atomic E-state index is -2.97. The summed E-state index contributed by atoms with van der Waals surface area (Å²) in [5, 5.41) is 0. The number of carbonyl (C=O) groups is 1. The highest BCUT2D eigenvalue weighted by molar-refractivity contribution is 7.91. The standard InChI is InChI=1S/C16H25NO3S2/c1-4-7-14-12(5-2)10-15(21-14)16(18)17(6-3)13-8-9-22(19,20)11-13/h10,13H,4-9,11H2,1-3H3/t13-/m1/s1. The van der Waals surface area contributed by atoms with Crippen LogP contribution in [0.15, 0.2) is 6.07 Å². The molecule has 0 unspecified atom stereocenters. The van der Waals surface area contributed by atoms with Crippen molar-refractivity contribution in [2.45, 2.75) is 52.5 Å². The molecule has 1 aliphatic heterocycles. The van der Waals surface area contributed by atoms with Crippen LogP contribution in [0.25, 0.3) is 0 Å². The Labute approximate surface area is 137 Å². The third-order valence-electron chi connectivity index (χ3n) is 4.22. The van der Waals surface area contributed by atoms with Crippen molar-refractivity contribution < 1.29 is 13.2 Å². The lowest BCUT2D eigenvalue weighted by Gasteiger charge is -2.26. The number of carbonyl (C=O) groups excluding carboxylic acids is 1. The van der Waals surface area contributed by atoms with E-state index in [-0.39, 0.29) is 23.5 Å². The van der Waals surface area contributed by atoms with Crippen molar-refractivity contribution >= 4 is 27.1 Å². The fourth-order valence-corrected chi connectivity index (χ4v) is 6.08. The van der Waals surface area contributed by atoms with Crippen LogP contribution in [0.4, 0.5) is 0 Å². The van der Waals surface area contributed by atoms with Crippen LogP contribution in [-0.2, 0) is 22.7 Å². The number of thiophene rings is 1. The van der Waals surface area contributed by atoms with Crippen molar-refractivity contribution in [1.82, 2.24) is 4.90 Å². The maximum atomic E-state index is 12.8. The lowest BCUT2D eigenvalue weighted by Crippen LogP contribution is -2.40. The highest BCUT2D eigenvalue weighted by Gasteiger charge is 2.34. The van der Waals surface area contributed by atoms with E-state index in [1.54, 1.807) is 16.2 Å². The van der Waals surface area contributed by atoms with E-state index in [4.69, 9.17) is 0 Å². The molecule has 0 radical (unpaired) electrons. The number of hydrogen-bond acceptors (Lipinski definition) is 4. The van der Waals surface area contributed by atoms with E-state index in [0.717, 1.165) is 24.1 Å². The molecule has 1 atom stereocenters. The largest absolute Gasteiger partial charge is 0.334 e. The average molecular weight is 344 g/mol. The molecular weight excluding hydrogens is 318 g/mol. The highest BCUT2D eigenvalue weighted by atomic mass is 32.2. The number of amides is 1. The summed E-state index contributed by atoms with van der Waals surface area (Å²) in [6, 6.07) is 1.84. The molecule has 1 aromatic heterocycles. The second-order valence-electron chi connectivity index (χ2n) is 5.81. The summed E-state index contributed by atoms with van der Waals surface area (Å²) in [6.45, 7) is 6.73. The van der Waals surface area contributed by atoms with Crippen LogP contribution in [0, 0.1) is 0 Å². The molecule has 0 bridgehead atoms. The Kier molecular flexibility index (Phi) is 5.66. The van der Waals surface area contributed by atoms with Gasteiger partial charge in [0.05, 0.1) is 16.4 Å². The van der Waals surface area contributed by atoms with Gasteiger partial charge >= 0.3 is 0 Å². The molecule has 0 aromatic carbocycles. The lowest BCUT2D eigenvalue weighted by atomic mass is 10.1. The lowest BCUT2D eigenvalue weighted by molar-refractivity contribution is 0.0713. The summed E-state index contributed by atoms with van der Waals surface area (Å²) in [5.74, 6) is 0.305. The van der Waals surface area contributed by atoms with Crippen molar-refractivity contribution in [3.63, 3.8) is 0 Å². The second-order valence-corrected chi connectivity index (χ2v) is 9.18. The first kappa shape index (κ1) is 17.5. The molecule has 22 heavy (non-hydrogen) atoms. The van der Waals surface area contributed by atoms with Gasteiger partial charge in [-0.3, -0.25) is 4.79 Å². The molecule has 2 rings (SSSR count). The fraction of sp³-hybridized carbons (Fsp3) is 0.688. The molecule has 2 heterocycles. The molecule has 1 amide bonds. The van der Waals surface area contributed by atoms with E-state index in [2.05, 4.69) is 13.8 Å². The maximum Gasteiger partial charge on any atom is 0.264 e. The van der Waals surface area contributed by atoms with Crippen LogP contribution in [0.5, 0.6) is 0 Å². The SMILES string of the molecule is CCCc1sc(C(=O)N(CC)[C@@H]2CCS(=O)(=O)C2)cc1CC. The summed E-state index contributed by atoms with van der Waals surface area (Å²) < 4.78 is 23.3. The van der Waals surface area contributed by atoms with E-state index in [1.807, 2.05) is 13.0 Å². The number of sulfone groups is 1. The molecule has 6 heteroatoms. The molecule has 4 nitrogen and oxygen atoms in total. The third kappa shape index (κ3) is 3.71. The van der Waals surface area contributed by atoms with Gasteiger partial charge in [-0.25, -0.2) is 8.42 Å². The van der Waals surface area contributed by atoms with Gasteiger partial charge in [-0.1, -0.05) is 20.3 Å². The summed E-state index contributed by atoms with van der Waals surface area (Å²) >= 11 is 1.58. The van der Waals surface area contributed by atoms with Crippen LogP contribution in [0.2, 0.25) is 0 Å². The van der Waals surface area contributed by atoms with Gasteiger partial charge < -0.3 is 4.90 Å². The quantitative estimate of drug-likeness (QED) is 0.798. The van der Waals surface area contributed by atoms with Gasteiger partial charge in [0, 0.05) is 17.5 Å². The van der Waals surface area contributed by atoms with Gasteiger partial charge in [0.2, 0.25) is 0 Å². The van der Waals surface area contributed by atoms with Gasteiger partial charge in [-0.2, -0.15) is 0 Å².